The molecule has 2 aliphatic rings. The number of carbonyl (C=O) groups is 1. The highest BCUT2D eigenvalue weighted by molar-refractivity contribution is 5.94. The minimum atomic E-state index is 0.244. The summed E-state index contributed by atoms with van der Waals surface area (Å²) in [6.45, 7) is 8.68. The third-order valence-electron chi connectivity index (χ3n) is 4.06. The summed E-state index contributed by atoms with van der Waals surface area (Å²) in [6.07, 6.45) is 1.11. The summed E-state index contributed by atoms with van der Waals surface area (Å²) in [5.41, 5.74) is 2.24. The maximum absolute atomic E-state index is 12.3. The SMILES string of the molecule is CCC1CN(C(=O)C(C)=C2CNC2)CCN1C. The Hall–Kier alpha value is -0.870. The van der Waals surface area contributed by atoms with Crippen molar-refractivity contribution in [3.8, 4) is 0 Å². The second-order valence-corrected chi connectivity index (χ2v) is 5.13. The lowest BCUT2D eigenvalue weighted by atomic mass is 10.0. The number of hydrogen-bond acceptors (Lipinski definition) is 3. The number of hydrogen-bond donors (Lipinski definition) is 1. The molecular formula is C13H23N3O. The predicted octanol–water partition coefficient (Wildman–Crippen LogP) is 0.459. The molecule has 2 fully saturated rings. The van der Waals surface area contributed by atoms with E-state index in [-0.39, 0.29) is 5.91 Å². The normalized spacial score (nSPS) is 25.7. The maximum Gasteiger partial charge on any atom is 0.249 e. The highest BCUT2D eigenvalue weighted by atomic mass is 16.2. The van der Waals surface area contributed by atoms with E-state index in [4.69, 9.17) is 0 Å². The minimum Gasteiger partial charge on any atom is -0.336 e. The molecule has 2 saturated heterocycles. The molecule has 0 bridgehead atoms. The van der Waals surface area contributed by atoms with Gasteiger partial charge >= 0.3 is 0 Å². The summed E-state index contributed by atoms with van der Waals surface area (Å²) >= 11 is 0. The van der Waals surface area contributed by atoms with Crippen molar-refractivity contribution in [3.63, 3.8) is 0 Å². The van der Waals surface area contributed by atoms with Gasteiger partial charge in [0, 0.05) is 44.3 Å². The number of nitrogens with one attached hydrogen (secondary N) is 1. The second kappa shape index (κ2) is 5.19. The van der Waals surface area contributed by atoms with Crippen LogP contribution in [0, 0.1) is 0 Å². The van der Waals surface area contributed by atoms with E-state index >= 15 is 0 Å². The lowest BCUT2D eigenvalue weighted by Crippen LogP contribution is -2.53. The highest BCUT2D eigenvalue weighted by Crippen LogP contribution is 2.16. The van der Waals surface area contributed by atoms with Crippen LogP contribution >= 0.6 is 0 Å². The molecule has 4 nitrogen and oxygen atoms in total. The number of carbonyl (C=O) groups excluding carboxylic acids is 1. The van der Waals surface area contributed by atoms with Crippen molar-refractivity contribution in [1.29, 1.82) is 0 Å². The quantitative estimate of drug-likeness (QED) is 0.709. The zero-order valence-electron chi connectivity index (χ0n) is 11.1. The van der Waals surface area contributed by atoms with E-state index in [0.717, 1.165) is 44.7 Å². The average molecular weight is 237 g/mol. The Morgan fingerprint density at radius 2 is 2.12 bits per heavy atom. The molecule has 0 saturated carbocycles. The van der Waals surface area contributed by atoms with E-state index in [2.05, 4.69) is 24.2 Å². The Labute approximate surface area is 104 Å². The molecule has 1 N–H and O–H groups in total. The molecule has 2 aliphatic heterocycles. The van der Waals surface area contributed by atoms with E-state index in [1.54, 1.807) is 0 Å². The number of amides is 1. The minimum absolute atomic E-state index is 0.244. The zero-order valence-corrected chi connectivity index (χ0v) is 11.1. The predicted molar refractivity (Wildman–Crippen MR) is 68.9 cm³/mol. The van der Waals surface area contributed by atoms with Crippen molar-refractivity contribution in [2.45, 2.75) is 26.3 Å². The Morgan fingerprint density at radius 1 is 1.41 bits per heavy atom. The van der Waals surface area contributed by atoms with Gasteiger partial charge in [0.05, 0.1) is 0 Å². The van der Waals surface area contributed by atoms with Gasteiger partial charge in [-0.25, -0.2) is 0 Å². The van der Waals surface area contributed by atoms with Crippen LogP contribution in [0.4, 0.5) is 0 Å². The number of rotatable bonds is 2. The fraction of sp³-hybridized carbons (Fsp3) is 0.769. The van der Waals surface area contributed by atoms with Crippen LogP contribution < -0.4 is 5.32 Å². The summed E-state index contributed by atoms with van der Waals surface area (Å²) in [7, 11) is 2.15. The maximum atomic E-state index is 12.3. The summed E-state index contributed by atoms with van der Waals surface area (Å²) in [6, 6.07) is 0.519. The van der Waals surface area contributed by atoms with Gasteiger partial charge in [0.25, 0.3) is 0 Å². The summed E-state index contributed by atoms with van der Waals surface area (Å²) < 4.78 is 0. The lowest BCUT2D eigenvalue weighted by Gasteiger charge is -2.39. The van der Waals surface area contributed by atoms with Gasteiger partial charge in [-0.2, -0.15) is 0 Å². The van der Waals surface area contributed by atoms with Gasteiger partial charge in [-0.15, -0.1) is 0 Å². The van der Waals surface area contributed by atoms with Gasteiger partial charge in [0.15, 0.2) is 0 Å². The second-order valence-electron chi connectivity index (χ2n) is 5.13. The third kappa shape index (κ3) is 2.53. The lowest BCUT2D eigenvalue weighted by molar-refractivity contribution is -0.129. The molecule has 96 valence electrons. The van der Waals surface area contributed by atoms with Gasteiger partial charge in [-0.1, -0.05) is 6.92 Å². The molecule has 0 spiro atoms. The fourth-order valence-electron chi connectivity index (χ4n) is 2.47. The van der Waals surface area contributed by atoms with Crippen LogP contribution in [0.1, 0.15) is 20.3 Å². The van der Waals surface area contributed by atoms with Crippen molar-refractivity contribution >= 4 is 5.91 Å². The highest BCUT2D eigenvalue weighted by Gasteiger charge is 2.28. The monoisotopic (exact) mass is 237 g/mol. The van der Waals surface area contributed by atoms with E-state index in [0.29, 0.717) is 6.04 Å². The first kappa shape index (κ1) is 12.6. The van der Waals surface area contributed by atoms with Crippen LogP contribution in [0.5, 0.6) is 0 Å². The van der Waals surface area contributed by atoms with Crippen LogP contribution in [0.2, 0.25) is 0 Å². The first-order chi connectivity index (χ1) is 8.13. The fourth-order valence-corrected chi connectivity index (χ4v) is 2.47. The smallest absolute Gasteiger partial charge is 0.249 e. The third-order valence-corrected chi connectivity index (χ3v) is 4.06. The Balaban J connectivity index is 2.00. The molecule has 0 radical (unpaired) electrons. The first-order valence-corrected chi connectivity index (χ1v) is 6.52. The standard InChI is InChI=1S/C13H23N3O/c1-4-12-9-16(6-5-15(12)3)13(17)10(2)11-7-14-8-11/h12,14H,4-9H2,1-3H3. The number of piperazine rings is 1. The zero-order chi connectivity index (χ0) is 12.4. The first-order valence-electron chi connectivity index (χ1n) is 6.52. The molecule has 2 heterocycles. The van der Waals surface area contributed by atoms with Gasteiger partial charge in [0.1, 0.15) is 0 Å². The molecule has 0 aromatic rings. The molecule has 0 aliphatic carbocycles. The molecule has 1 atom stereocenters. The Kier molecular flexibility index (Phi) is 3.84. The Morgan fingerprint density at radius 3 is 2.65 bits per heavy atom. The molecule has 2 rings (SSSR count). The number of nitrogens with zero attached hydrogens (tertiary/aromatic N) is 2. The molecule has 0 aromatic carbocycles. The van der Waals surface area contributed by atoms with Crippen molar-refractivity contribution in [2.24, 2.45) is 0 Å². The molecular weight excluding hydrogens is 214 g/mol. The summed E-state index contributed by atoms with van der Waals surface area (Å²) in [4.78, 5) is 16.7. The Bertz CT molecular complexity index is 332. The summed E-state index contributed by atoms with van der Waals surface area (Å²) in [5.74, 6) is 0.244. The van der Waals surface area contributed by atoms with Crippen molar-refractivity contribution < 1.29 is 4.79 Å². The van der Waals surface area contributed by atoms with E-state index in [9.17, 15) is 4.79 Å². The van der Waals surface area contributed by atoms with Crippen LogP contribution in [0.15, 0.2) is 11.1 Å². The van der Waals surface area contributed by atoms with Crippen LogP contribution in [0.25, 0.3) is 0 Å². The van der Waals surface area contributed by atoms with Gasteiger partial charge in [0.2, 0.25) is 5.91 Å². The molecule has 4 heteroatoms. The van der Waals surface area contributed by atoms with Crippen molar-refractivity contribution in [1.82, 2.24) is 15.1 Å². The molecule has 0 aromatic heterocycles. The van der Waals surface area contributed by atoms with E-state index < -0.39 is 0 Å². The molecule has 1 amide bonds. The van der Waals surface area contributed by atoms with Gasteiger partial charge < -0.3 is 10.2 Å². The van der Waals surface area contributed by atoms with Gasteiger partial charge in [-0.05, 0) is 26.0 Å². The van der Waals surface area contributed by atoms with Crippen molar-refractivity contribution in [2.75, 3.05) is 39.8 Å². The molecule has 17 heavy (non-hydrogen) atoms. The van der Waals surface area contributed by atoms with E-state index in [1.807, 2.05) is 11.8 Å². The van der Waals surface area contributed by atoms with Crippen LogP contribution in [-0.4, -0.2) is 61.5 Å². The average Bonchev–Trinajstić information content (AvgIpc) is 2.26. The van der Waals surface area contributed by atoms with Gasteiger partial charge in [-0.3, -0.25) is 9.69 Å². The summed E-state index contributed by atoms with van der Waals surface area (Å²) in [5, 5.41) is 3.19. The largest absolute Gasteiger partial charge is 0.336 e. The number of likely N-dealkylation sites (N-methyl/N-ethyl adjacent to an activating group) is 1. The van der Waals surface area contributed by atoms with E-state index in [1.165, 1.54) is 5.57 Å². The molecule has 1 unspecified atom stereocenters. The van der Waals surface area contributed by atoms with Crippen LogP contribution in [-0.2, 0) is 4.79 Å². The van der Waals surface area contributed by atoms with Crippen molar-refractivity contribution in [3.05, 3.63) is 11.1 Å². The topological polar surface area (TPSA) is 35.6 Å². The van der Waals surface area contributed by atoms with Crippen LogP contribution in [0.3, 0.4) is 0 Å².